The standard InChI is InChI=1S/C23H24ClN3O4S/c1-3-32(29,30)27(2)22(28)14-6-7-25-18(8-14)15-10-23(11-15)12-16(13-23)21-26-19-9-17(24)4-5-20(19)31-21/h4-9,15-16H,3,10-13H2,1-2H3. The summed E-state index contributed by atoms with van der Waals surface area (Å²) in [5, 5.41) is 0.649. The number of amides is 1. The number of oxazole rings is 1. The van der Waals surface area contributed by atoms with E-state index in [1.165, 1.54) is 14.0 Å². The average molecular weight is 474 g/mol. The third-order valence-corrected chi connectivity index (χ3v) is 8.91. The van der Waals surface area contributed by atoms with Crippen molar-refractivity contribution in [1.29, 1.82) is 0 Å². The third kappa shape index (κ3) is 3.59. The van der Waals surface area contributed by atoms with Crippen LogP contribution in [0, 0.1) is 5.41 Å². The Morgan fingerprint density at radius 3 is 2.62 bits per heavy atom. The zero-order valence-electron chi connectivity index (χ0n) is 17.9. The van der Waals surface area contributed by atoms with Crippen molar-refractivity contribution < 1.29 is 17.6 Å². The molecule has 3 aromatic rings. The minimum atomic E-state index is -3.59. The molecule has 0 N–H and O–H groups in total. The molecule has 0 unspecified atom stereocenters. The average Bonchev–Trinajstić information content (AvgIpc) is 3.13. The first-order valence-electron chi connectivity index (χ1n) is 10.7. The van der Waals surface area contributed by atoms with Crippen molar-refractivity contribution in [2.45, 2.75) is 44.4 Å². The number of sulfonamides is 1. The second-order valence-electron chi connectivity index (χ2n) is 9.02. The number of pyridine rings is 1. The Labute approximate surface area is 191 Å². The molecule has 2 fully saturated rings. The number of benzene rings is 1. The van der Waals surface area contributed by atoms with Crippen LogP contribution in [-0.4, -0.2) is 41.4 Å². The largest absolute Gasteiger partial charge is 0.440 e. The Morgan fingerprint density at radius 2 is 1.91 bits per heavy atom. The SMILES string of the molecule is CCS(=O)(=O)N(C)C(=O)c1ccnc(C2CC3(C2)CC(c2nc4cc(Cl)ccc4o2)C3)c1. The van der Waals surface area contributed by atoms with Crippen LogP contribution in [0.2, 0.25) is 5.02 Å². The molecule has 0 saturated heterocycles. The molecule has 32 heavy (non-hydrogen) atoms. The summed E-state index contributed by atoms with van der Waals surface area (Å²) in [6.07, 6.45) is 5.65. The fourth-order valence-electron chi connectivity index (χ4n) is 5.09. The lowest BCUT2D eigenvalue weighted by atomic mass is 9.47. The number of nitrogens with zero attached hydrogens (tertiary/aromatic N) is 3. The van der Waals surface area contributed by atoms with Gasteiger partial charge < -0.3 is 4.42 Å². The molecule has 2 aromatic heterocycles. The van der Waals surface area contributed by atoms with Gasteiger partial charge in [0, 0.05) is 41.4 Å². The van der Waals surface area contributed by atoms with Crippen LogP contribution in [-0.2, 0) is 10.0 Å². The summed E-state index contributed by atoms with van der Waals surface area (Å²) in [6.45, 7) is 1.52. The second kappa shape index (κ2) is 7.56. The molecular formula is C23H24ClN3O4S. The lowest BCUT2D eigenvalue weighted by molar-refractivity contribution is -0.0196. The Balaban J connectivity index is 1.23. The molecule has 0 bridgehead atoms. The van der Waals surface area contributed by atoms with E-state index in [1.54, 1.807) is 24.4 Å². The molecule has 7 nitrogen and oxygen atoms in total. The van der Waals surface area contributed by atoms with E-state index in [1.807, 2.05) is 12.1 Å². The summed E-state index contributed by atoms with van der Waals surface area (Å²) >= 11 is 6.04. The molecule has 1 spiro atoms. The maximum atomic E-state index is 12.6. The molecule has 9 heteroatoms. The van der Waals surface area contributed by atoms with Gasteiger partial charge >= 0.3 is 0 Å². The number of fused-ring (bicyclic) bond motifs is 1. The summed E-state index contributed by atoms with van der Waals surface area (Å²) in [4.78, 5) is 21.7. The van der Waals surface area contributed by atoms with Gasteiger partial charge in [-0.3, -0.25) is 9.78 Å². The van der Waals surface area contributed by atoms with Crippen LogP contribution in [0.4, 0.5) is 0 Å². The smallest absolute Gasteiger partial charge is 0.267 e. The molecule has 0 radical (unpaired) electrons. The molecule has 2 aliphatic carbocycles. The molecule has 0 aliphatic heterocycles. The van der Waals surface area contributed by atoms with E-state index in [4.69, 9.17) is 16.0 Å². The molecule has 168 valence electrons. The van der Waals surface area contributed by atoms with Crippen LogP contribution >= 0.6 is 11.6 Å². The van der Waals surface area contributed by atoms with E-state index in [0.29, 0.717) is 16.5 Å². The lowest BCUT2D eigenvalue weighted by Crippen LogP contribution is -2.45. The van der Waals surface area contributed by atoms with Gasteiger partial charge in [0.1, 0.15) is 5.52 Å². The topological polar surface area (TPSA) is 93.4 Å². The van der Waals surface area contributed by atoms with Gasteiger partial charge in [-0.1, -0.05) is 11.6 Å². The van der Waals surface area contributed by atoms with E-state index in [2.05, 4.69) is 9.97 Å². The number of rotatable bonds is 5. The van der Waals surface area contributed by atoms with E-state index >= 15 is 0 Å². The van der Waals surface area contributed by atoms with E-state index in [-0.39, 0.29) is 17.1 Å². The van der Waals surface area contributed by atoms with Gasteiger partial charge in [0.2, 0.25) is 10.0 Å². The lowest BCUT2D eigenvalue weighted by Gasteiger charge is -2.57. The molecule has 0 atom stereocenters. The fourth-order valence-corrected chi connectivity index (χ4v) is 6.00. The highest BCUT2D eigenvalue weighted by Gasteiger charge is 2.55. The number of hydrogen-bond acceptors (Lipinski definition) is 6. The molecule has 2 heterocycles. The maximum absolute atomic E-state index is 12.6. The van der Waals surface area contributed by atoms with Crippen LogP contribution in [0.3, 0.4) is 0 Å². The molecule has 1 aromatic carbocycles. The molecule has 2 aliphatic rings. The highest BCUT2D eigenvalue weighted by Crippen LogP contribution is 2.66. The summed E-state index contributed by atoms with van der Waals surface area (Å²) in [7, 11) is -2.29. The normalized spacial score (nSPS) is 24.8. The maximum Gasteiger partial charge on any atom is 0.267 e. The van der Waals surface area contributed by atoms with Crippen molar-refractivity contribution in [3.8, 4) is 0 Å². The van der Waals surface area contributed by atoms with Crippen molar-refractivity contribution in [2.75, 3.05) is 12.8 Å². The van der Waals surface area contributed by atoms with Gasteiger partial charge in [0.05, 0.1) is 5.75 Å². The first-order valence-corrected chi connectivity index (χ1v) is 12.7. The van der Waals surface area contributed by atoms with Crippen molar-refractivity contribution in [2.24, 2.45) is 5.41 Å². The summed E-state index contributed by atoms with van der Waals surface area (Å²) < 4.78 is 30.8. The van der Waals surface area contributed by atoms with Gasteiger partial charge in [-0.15, -0.1) is 0 Å². The predicted molar refractivity (Wildman–Crippen MR) is 121 cm³/mol. The Morgan fingerprint density at radius 1 is 1.19 bits per heavy atom. The van der Waals surface area contributed by atoms with Gasteiger partial charge in [-0.05, 0) is 68.4 Å². The quantitative estimate of drug-likeness (QED) is 0.531. The van der Waals surface area contributed by atoms with Crippen molar-refractivity contribution in [3.05, 3.63) is 58.7 Å². The molecule has 1 amide bonds. The monoisotopic (exact) mass is 473 g/mol. The van der Waals surface area contributed by atoms with E-state index in [0.717, 1.165) is 52.7 Å². The second-order valence-corrected chi connectivity index (χ2v) is 11.7. The van der Waals surface area contributed by atoms with Gasteiger partial charge in [0.25, 0.3) is 5.91 Å². The molecule has 5 rings (SSSR count). The number of hydrogen-bond donors (Lipinski definition) is 0. The van der Waals surface area contributed by atoms with E-state index in [9.17, 15) is 13.2 Å². The minimum absolute atomic E-state index is 0.118. The van der Waals surface area contributed by atoms with Crippen LogP contribution < -0.4 is 0 Å². The van der Waals surface area contributed by atoms with E-state index < -0.39 is 15.9 Å². The summed E-state index contributed by atoms with van der Waals surface area (Å²) in [5.74, 6) is 0.730. The van der Waals surface area contributed by atoms with Crippen LogP contribution in [0.1, 0.15) is 66.4 Å². The number of halogens is 1. The van der Waals surface area contributed by atoms with Crippen molar-refractivity contribution in [1.82, 2.24) is 14.3 Å². The highest BCUT2D eigenvalue weighted by molar-refractivity contribution is 7.89. The zero-order chi connectivity index (χ0) is 22.7. The number of carbonyl (C=O) groups excluding carboxylic acids is 1. The van der Waals surface area contributed by atoms with Gasteiger partial charge in [0.15, 0.2) is 11.5 Å². The predicted octanol–water partition coefficient (Wildman–Crippen LogP) is 4.74. The van der Waals surface area contributed by atoms with Crippen molar-refractivity contribution in [3.63, 3.8) is 0 Å². The van der Waals surface area contributed by atoms with Crippen LogP contribution in [0.15, 0.2) is 40.9 Å². The first-order chi connectivity index (χ1) is 15.2. The molecule has 2 saturated carbocycles. The van der Waals surface area contributed by atoms with Gasteiger partial charge in [-0.25, -0.2) is 17.7 Å². The van der Waals surface area contributed by atoms with Gasteiger partial charge in [-0.2, -0.15) is 0 Å². The first kappa shape index (κ1) is 21.4. The fraction of sp³-hybridized carbons (Fsp3) is 0.435. The number of carbonyl (C=O) groups is 1. The molecular weight excluding hydrogens is 450 g/mol. The zero-order valence-corrected chi connectivity index (χ0v) is 19.5. The summed E-state index contributed by atoms with van der Waals surface area (Å²) in [6, 6.07) is 8.79. The Kier molecular flexibility index (Phi) is 5.05. The van der Waals surface area contributed by atoms with Crippen molar-refractivity contribution >= 4 is 38.6 Å². The van der Waals surface area contributed by atoms with Crippen LogP contribution in [0.25, 0.3) is 11.1 Å². The Hall–Kier alpha value is -2.45. The highest BCUT2D eigenvalue weighted by atomic mass is 35.5. The van der Waals surface area contributed by atoms with Crippen LogP contribution in [0.5, 0.6) is 0 Å². The number of aromatic nitrogens is 2. The minimum Gasteiger partial charge on any atom is -0.440 e. The third-order valence-electron chi connectivity index (χ3n) is 6.95. The Bertz CT molecular complexity index is 1310. The summed E-state index contributed by atoms with van der Waals surface area (Å²) in [5.41, 5.74) is 3.03.